The number of aryl methyl sites for hydroxylation is 1. The van der Waals surface area contributed by atoms with Gasteiger partial charge in [-0.15, -0.1) is 0 Å². The van der Waals surface area contributed by atoms with Gasteiger partial charge in [-0.05, 0) is 37.8 Å². The molecule has 2 rings (SSSR count). The molecule has 16 heavy (non-hydrogen) atoms. The number of nitrogen functional groups attached to an aromatic ring is 1. The number of rotatable bonds is 3. The monoisotopic (exact) mass is 218 g/mol. The summed E-state index contributed by atoms with van der Waals surface area (Å²) in [5.74, 6) is 0.744. The average Bonchev–Trinajstić information content (AvgIpc) is 3.04. The minimum absolute atomic E-state index is 0.0353. The Balaban J connectivity index is 2.14. The summed E-state index contributed by atoms with van der Waals surface area (Å²) in [5.41, 5.74) is 8.09. The van der Waals surface area contributed by atoms with Crippen LogP contribution < -0.4 is 5.73 Å². The Morgan fingerprint density at radius 3 is 2.81 bits per heavy atom. The Morgan fingerprint density at radius 2 is 2.19 bits per heavy atom. The molecule has 1 fully saturated rings. The van der Waals surface area contributed by atoms with Crippen LogP contribution in [0, 0.1) is 12.8 Å². The lowest BCUT2D eigenvalue weighted by molar-refractivity contribution is 0.0789. The third-order valence-electron chi connectivity index (χ3n) is 3.01. The van der Waals surface area contributed by atoms with Crippen molar-refractivity contribution >= 4 is 11.6 Å². The molecular formula is C13H18N2O. The number of carbonyl (C=O) groups is 1. The van der Waals surface area contributed by atoms with Gasteiger partial charge >= 0.3 is 0 Å². The van der Waals surface area contributed by atoms with Gasteiger partial charge in [0.25, 0.3) is 5.91 Å². The molecule has 0 aromatic heterocycles. The second-order valence-electron chi connectivity index (χ2n) is 4.72. The van der Waals surface area contributed by atoms with Crippen LogP contribution in [0.15, 0.2) is 18.2 Å². The predicted octanol–water partition coefficient (Wildman–Crippen LogP) is 2.06. The lowest BCUT2D eigenvalue weighted by atomic mass is 10.1. The van der Waals surface area contributed by atoms with Gasteiger partial charge in [0.2, 0.25) is 0 Å². The van der Waals surface area contributed by atoms with Crippen LogP contribution in [0.25, 0.3) is 0 Å². The number of hydrogen-bond acceptors (Lipinski definition) is 2. The maximum absolute atomic E-state index is 12.1. The smallest absolute Gasteiger partial charge is 0.255 e. The first-order chi connectivity index (χ1) is 7.58. The number of nitrogens with two attached hydrogens (primary N) is 1. The van der Waals surface area contributed by atoms with E-state index in [9.17, 15) is 4.79 Å². The molecule has 0 atom stereocenters. The molecule has 0 spiro atoms. The van der Waals surface area contributed by atoms with Gasteiger partial charge in [-0.25, -0.2) is 0 Å². The SMILES string of the molecule is Cc1ccc(N)c(C(=O)N(C)CC2CC2)c1. The number of benzene rings is 1. The van der Waals surface area contributed by atoms with E-state index in [0.717, 1.165) is 12.1 Å². The zero-order chi connectivity index (χ0) is 11.7. The van der Waals surface area contributed by atoms with Crippen molar-refractivity contribution in [3.63, 3.8) is 0 Å². The minimum Gasteiger partial charge on any atom is -0.398 e. The molecule has 3 nitrogen and oxygen atoms in total. The summed E-state index contributed by atoms with van der Waals surface area (Å²) < 4.78 is 0. The first kappa shape index (κ1) is 11.0. The van der Waals surface area contributed by atoms with Crippen LogP contribution in [-0.2, 0) is 0 Å². The van der Waals surface area contributed by atoms with Crippen LogP contribution in [0.5, 0.6) is 0 Å². The van der Waals surface area contributed by atoms with Crippen LogP contribution >= 0.6 is 0 Å². The molecule has 0 radical (unpaired) electrons. The molecule has 3 heteroatoms. The second kappa shape index (κ2) is 4.16. The van der Waals surface area contributed by atoms with E-state index < -0.39 is 0 Å². The van der Waals surface area contributed by atoms with Gasteiger partial charge in [-0.3, -0.25) is 4.79 Å². The van der Waals surface area contributed by atoms with Crippen molar-refractivity contribution in [2.45, 2.75) is 19.8 Å². The number of anilines is 1. The molecule has 1 aliphatic rings. The van der Waals surface area contributed by atoms with Crippen molar-refractivity contribution in [3.05, 3.63) is 29.3 Å². The predicted molar refractivity (Wildman–Crippen MR) is 65.3 cm³/mol. The number of carbonyl (C=O) groups excluding carboxylic acids is 1. The minimum atomic E-state index is 0.0353. The van der Waals surface area contributed by atoms with Crippen LogP contribution in [-0.4, -0.2) is 24.4 Å². The van der Waals surface area contributed by atoms with E-state index in [0.29, 0.717) is 17.2 Å². The fraction of sp³-hybridized carbons (Fsp3) is 0.462. The Labute approximate surface area is 96.2 Å². The van der Waals surface area contributed by atoms with Crippen molar-refractivity contribution < 1.29 is 4.79 Å². The fourth-order valence-electron chi connectivity index (χ4n) is 1.83. The molecule has 0 heterocycles. The fourth-order valence-corrected chi connectivity index (χ4v) is 1.83. The number of hydrogen-bond donors (Lipinski definition) is 1. The van der Waals surface area contributed by atoms with Crippen molar-refractivity contribution in [1.82, 2.24) is 4.90 Å². The van der Waals surface area contributed by atoms with Crippen molar-refractivity contribution in [1.29, 1.82) is 0 Å². The summed E-state index contributed by atoms with van der Waals surface area (Å²) >= 11 is 0. The molecule has 1 aliphatic carbocycles. The number of amides is 1. The molecule has 2 N–H and O–H groups in total. The van der Waals surface area contributed by atoms with Crippen molar-refractivity contribution in [2.75, 3.05) is 19.3 Å². The van der Waals surface area contributed by atoms with E-state index in [1.54, 1.807) is 11.0 Å². The lowest BCUT2D eigenvalue weighted by Gasteiger charge is -2.18. The first-order valence-electron chi connectivity index (χ1n) is 5.69. The highest BCUT2D eigenvalue weighted by Crippen LogP contribution is 2.30. The second-order valence-corrected chi connectivity index (χ2v) is 4.72. The van der Waals surface area contributed by atoms with Crippen LogP contribution in [0.4, 0.5) is 5.69 Å². The lowest BCUT2D eigenvalue weighted by Crippen LogP contribution is -2.29. The van der Waals surface area contributed by atoms with Gasteiger partial charge in [0.15, 0.2) is 0 Å². The highest BCUT2D eigenvalue weighted by Gasteiger charge is 2.25. The average molecular weight is 218 g/mol. The van der Waals surface area contributed by atoms with Crippen molar-refractivity contribution in [3.8, 4) is 0 Å². The summed E-state index contributed by atoms with van der Waals surface area (Å²) in [4.78, 5) is 13.9. The van der Waals surface area contributed by atoms with Gasteiger partial charge in [0, 0.05) is 19.3 Å². The summed E-state index contributed by atoms with van der Waals surface area (Å²) in [6, 6.07) is 5.58. The molecule has 1 saturated carbocycles. The zero-order valence-electron chi connectivity index (χ0n) is 9.86. The summed E-state index contributed by atoms with van der Waals surface area (Å²) in [6.45, 7) is 2.82. The molecule has 0 aliphatic heterocycles. The molecule has 0 unspecified atom stereocenters. The highest BCUT2D eigenvalue weighted by atomic mass is 16.2. The molecule has 0 saturated heterocycles. The standard InChI is InChI=1S/C13H18N2O/c1-9-3-6-12(14)11(7-9)13(16)15(2)8-10-4-5-10/h3,6-7,10H,4-5,8,14H2,1-2H3. The van der Waals surface area contributed by atoms with E-state index in [2.05, 4.69) is 0 Å². The van der Waals surface area contributed by atoms with Gasteiger partial charge in [-0.2, -0.15) is 0 Å². The molecule has 1 amide bonds. The Hall–Kier alpha value is -1.51. The quantitative estimate of drug-likeness (QED) is 0.789. The van der Waals surface area contributed by atoms with Crippen LogP contribution in [0.2, 0.25) is 0 Å². The topological polar surface area (TPSA) is 46.3 Å². The van der Waals surface area contributed by atoms with Gasteiger partial charge in [0.1, 0.15) is 0 Å². The molecule has 86 valence electrons. The third kappa shape index (κ3) is 2.35. The van der Waals surface area contributed by atoms with Crippen LogP contribution in [0.3, 0.4) is 0 Å². The number of nitrogens with zero attached hydrogens (tertiary/aromatic N) is 1. The van der Waals surface area contributed by atoms with Gasteiger partial charge in [0.05, 0.1) is 5.56 Å². The van der Waals surface area contributed by atoms with E-state index in [4.69, 9.17) is 5.73 Å². The molecule has 0 bridgehead atoms. The maximum atomic E-state index is 12.1. The molecule has 1 aromatic rings. The Kier molecular flexibility index (Phi) is 2.86. The zero-order valence-corrected chi connectivity index (χ0v) is 9.86. The highest BCUT2D eigenvalue weighted by molar-refractivity contribution is 5.99. The van der Waals surface area contributed by atoms with Crippen LogP contribution in [0.1, 0.15) is 28.8 Å². The summed E-state index contributed by atoms with van der Waals surface area (Å²) in [7, 11) is 1.85. The third-order valence-corrected chi connectivity index (χ3v) is 3.01. The van der Waals surface area contributed by atoms with Gasteiger partial charge in [-0.1, -0.05) is 11.6 Å². The first-order valence-corrected chi connectivity index (χ1v) is 5.69. The summed E-state index contributed by atoms with van der Waals surface area (Å²) in [6.07, 6.45) is 2.50. The molecule has 1 aromatic carbocycles. The van der Waals surface area contributed by atoms with Gasteiger partial charge < -0.3 is 10.6 Å². The Morgan fingerprint density at radius 1 is 1.50 bits per heavy atom. The largest absolute Gasteiger partial charge is 0.398 e. The normalized spacial score (nSPS) is 14.9. The summed E-state index contributed by atoms with van der Waals surface area (Å²) in [5, 5.41) is 0. The Bertz CT molecular complexity index is 410. The van der Waals surface area contributed by atoms with E-state index in [-0.39, 0.29) is 5.91 Å². The molecular weight excluding hydrogens is 200 g/mol. The maximum Gasteiger partial charge on any atom is 0.255 e. The van der Waals surface area contributed by atoms with E-state index >= 15 is 0 Å². The van der Waals surface area contributed by atoms with E-state index in [1.165, 1.54) is 12.8 Å². The van der Waals surface area contributed by atoms with Crippen molar-refractivity contribution in [2.24, 2.45) is 5.92 Å². The van der Waals surface area contributed by atoms with E-state index in [1.807, 2.05) is 26.1 Å².